The number of carbonyl (C=O) groups is 1. The molecule has 0 aliphatic carbocycles. The Morgan fingerprint density at radius 1 is 1.31 bits per heavy atom. The summed E-state index contributed by atoms with van der Waals surface area (Å²) in [7, 11) is 0. The van der Waals surface area contributed by atoms with E-state index in [2.05, 4.69) is 36.0 Å². The first-order valence-electron chi connectivity index (χ1n) is 8.03. The molecule has 2 heterocycles. The number of rotatable bonds is 6. The van der Waals surface area contributed by atoms with Crippen LogP contribution in [0.5, 0.6) is 0 Å². The average Bonchev–Trinajstić information content (AvgIpc) is 3.27. The highest BCUT2D eigenvalue weighted by Gasteiger charge is 2.23. The van der Waals surface area contributed by atoms with Crippen LogP contribution in [0.4, 0.5) is 14.9 Å². The van der Waals surface area contributed by atoms with Crippen molar-refractivity contribution in [2.45, 2.75) is 26.3 Å². The number of amides is 2. The van der Waals surface area contributed by atoms with Crippen LogP contribution in [0.25, 0.3) is 11.6 Å². The van der Waals surface area contributed by atoms with E-state index in [4.69, 9.17) is 4.52 Å². The Hall–Kier alpha value is -3.30. The number of H-pyrrole nitrogens is 1. The first-order chi connectivity index (χ1) is 12.5. The fourth-order valence-corrected chi connectivity index (χ4v) is 2.34. The maximum absolute atomic E-state index is 12.9. The number of aromatic amines is 1. The van der Waals surface area contributed by atoms with Crippen LogP contribution in [0.1, 0.15) is 32.2 Å². The maximum atomic E-state index is 12.9. The van der Waals surface area contributed by atoms with Crippen LogP contribution in [0.3, 0.4) is 0 Å². The molecule has 2 aromatic heterocycles. The van der Waals surface area contributed by atoms with Crippen LogP contribution in [-0.2, 0) is 0 Å². The summed E-state index contributed by atoms with van der Waals surface area (Å²) in [6.45, 7) is 4.03. The van der Waals surface area contributed by atoms with E-state index < -0.39 is 12.1 Å². The molecular formula is C16H18FN7O2. The zero-order valence-electron chi connectivity index (χ0n) is 14.2. The van der Waals surface area contributed by atoms with Gasteiger partial charge in [-0.25, -0.2) is 14.2 Å². The Morgan fingerprint density at radius 2 is 2.08 bits per heavy atom. The molecule has 0 saturated heterocycles. The van der Waals surface area contributed by atoms with Crippen molar-refractivity contribution in [1.82, 2.24) is 30.6 Å². The summed E-state index contributed by atoms with van der Waals surface area (Å²) in [5, 5.41) is 15.7. The van der Waals surface area contributed by atoms with Gasteiger partial charge in [-0.3, -0.25) is 5.10 Å². The molecule has 0 fully saturated rings. The van der Waals surface area contributed by atoms with Crippen molar-refractivity contribution in [3.05, 3.63) is 42.3 Å². The fraction of sp³-hybridized carbons (Fsp3) is 0.312. The summed E-state index contributed by atoms with van der Waals surface area (Å²) in [5.74, 6) is 0.789. The summed E-state index contributed by atoms with van der Waals surface area (Å²) in [4.78, 5) is 20.5. The molecule has 1 atom stereocenters. The molecule has 0 aliphatic heterocycles. The topological polar surface area (TPSA) is 122 Å². The van der Waals surface area contributed by atoms with Crippen molar-refractivity contribution in [3.63, 3.8) is 0 Å². The number of nitrogens with one attached hydrogen (secondary N) is 3. The van der Waals surface area contributed by atoms with E-state index in [1.807, 2.05) is 13.8 Å². The minimum Gasteiger partial charge on any atom is -0.337 e. The van der Waals surface area contributed by atoms with Gasteiger partial charge in [-0.2, -0.15) is 10.1 Å². The van der Waals surface area contributed by atoms with E-state index in [0.717, 1.165) is 0 Å². The van der Waals surface area contributed by atoms with Crippen LogP contribution in [0, 0.1) is 11.7 Å². The van der Waals surface area contributed by atoms with Crippen molar-refractivity contribution in [2.75, 3.05) is 5.32 Å². The zero-order valence-corrected chi connectivity index (χ0v) is 14.2. The number of halogens is 1. The van der Waals surface area contributed by atoms with Gasteiger partial charge < -0.3 is 15.2 Å². The van der Waals surface area contributed by atoms with Crippen molar-refractivity contribution in [1.29, 1.82) is 0 Å². The number of hydrogen-bond acceptors (Lipinski definition) is 6. The third-order valence-corrected chi connectivity index (χ3v) is 3.48. The number of nitrogens with zero attached hydrogens (tertiary/aromatic N) is 4. The molecule has 0 radical (unpaired) electrons. The number of anilines is 1. The molecule has 0 aliphatic rings. The Bertz CT molecular complexity index is 846. The third kappa shape index (κ3) is 4.41. The molecular weight excluding hydrogens is 341 g/mol. The van der Waals surface area contributed by atoms with Gasteiger partial charge in [0, 0.05) is 5.69 Å². The molecule has 0 bridgehead atoms. The highest BCUT2D eigenvalue weighted by Crippen LogP contribution is 2.22. The van der Waals surface area contributed by atoms with Gasteiger partial charge in [0.05, 0.1) is 0 Å². The van der Waals surface area contributed by atoms with E-state index in [-0.39, 0.29) is 23.5 Å². The van der Waals surface area contributed by atoms with Gasteiger partial charge >= 0.3 is 6.03 Å². The SMILES string of the molecule is CC(C)C[C@@H](NC(=O)Nc1ccc(F)cc1)c1nc(-c2ncn[nH]2)no1. The van der Waals surface area contributed by atoms with E-state index in [9.17, 15) is 9.18 Å². The molecule has 0 saturated carbocycles. The molecule has 1 aromatic carbocycles. The second kappa shape index (κ2) is 7.72. The van der Waals surface area contributed by atoms with Gasteiger partial charge in [0.25, 0.3) is 0 Å². The summed E-state index contributed by atoms with van der Waals surface area (Å²) in [6.07, 6.45) is 1.93. The highest BCUT2D eigenvalue weighted by molar-refractivity contribution is 5.89. The molecule has 136 valence electrons. The second-order valence-electron chi connectivity index (χ2n) is 6.08. The number of aromatic nitrogens is 5. The van der Waals surface area contributed by atoms with E-state index in [0.29, 0.717) is 17.9 Å². The van der Waals surface area contributed by atoms with Crippen molar-refractivity contribution < 1.29 is 13.7 Å². The van der Waals surface area contributed by atoms with Gasteiger partial charge in [-0.1, -0.05) is 19.0 Å². The lowest BCUT2D eigenvalue weighted by Crippen LogP contribution is -2.33. The zero-order chi connectivity index (χ0) is 18.5. The molecule has 0 unspecified atom stereocenters. The van der Waals surface area contributed by atoms with Crippen LogP contribution in [0.2, 0.25) is 0 Å². The van der Waals surface area contributed by atoms with Gasteiger partial charge in [-0.05, 0) is 36.6 Å². The smallest absolute Gasteiger partial charge is 0.319 e. The average molecular weight is 359 g/mol. The lowest BCUT2D eigenvalue weighted by Gasteiger charge is -2.17. The standard InChI is InChI=1S/C16H18FN7O2/c1-9(2)7-12(15-22-14(24-26-15)13-18-8-19-23-13)21-16(25)20-11-5-3-10(17)4-6-11/h3-6,8-9,12H,7H2,1-2H3,(H,18,19,23)(H2,20,21,25)/t12-/m1/s1. The Balaban J connectivity index is 1.71. The number of benzene rings is 1. The largest absolute Gasteiger partial charge is 0.337 e. The van der Waals surface area contributed by atoms with Crippen LogP contribution >= 0.6 is 0 Å². The fourth-order valence-electron chi connectivity index (χ4n) is 2.34. The maximum Gasteiger partial charge on any atom is 0.319 e. The first kappa shape index (κ1) is 17.5. The first-order valence-corrected chi connectivity index (χ1v) is 8.03. The van der Waals surface area contributed by atoms with E-state index >= 15 is 0 Å². The monoisotopic (exact) mass is 359 g/mol. The van der Waals surface area contributed by atoms with Crippen molar-refractivity contribution >= 4 is 11.7 Å². The van der Waals surface area contributed by atoms with Crippen LogP contribution in [-0.4, -0.2) is 31.4 Å². The predicted molar refractivity (Wildman–Crippen MR) is 90.4 cm³/mol. The predicted octanol–water partition coefficient (Wildman–Crippen LogP) is 2.90. The summed E-state index contributed by atoms with van der Waals surface area (Å²) in [5.41, 5.74) is 0.472. The number of hydrogen-bond donors (Lipinski definition) is 3. The minimum absolute atomic E-state index is 0.256. The highest BCUT2D eigenvalue weighted by atomic mass is 19.1. The molecule has 10 heteroatoms. The molecule has 2 amide bonds. The molecule has 9 nitrogen and oxygen atoms in total. The molecule has 3 aromatic rings. The summed E-state index contributed by atoms with van der Waals surface area (Å²) < 4.78 is 18.2. The van der Waals surface area contributed by atoms with Gasteiger partial charge in [0.1, 0.15) is 18.2 Å². The number of urea groups is 1. The van der Waals surface area contributed by atoms with Gasteiger partial charge in [0.2, 0.25) is 11.7 Å². The van der Waals surface area contributed by atoms with Crippen molar-refractivity contribution in [3.8, 4) is 11.6 Å². The van der Waals surface area contributed by atoms with Crippen LogP contribution in [0.15, 0.2) is 35.1 Å². The molecule has 3 rings (SSSR count). The normalized spacial score (nSPS) is 12.2. The summed E-state index contributed by atoms with van der Waals surface area (Å²) >= 11 is 0. The summed E-state index contributed by atoms with van der Waals surface area (Å²) in [6, 6.07) is 4.54. The van der Waals surface area contributed by atoms with Gasteiger partial charge in [-0.15, -0.1) is 0 Å². The number of carbonyl (C=O) groups excluding carboxylic acids is 1. The Labute approximate surface area is 148 Å². The van der Waals surface area contributed by atoms with Crippen LogP contribution < -0.4 is 10.6 Å². The molecule has 26 heavy (non-hydrogen) atoms. The molecule has 3 N–H and O–H groups in total. The van der Waals surface area contributed by atoms with Crippen molar-refractivity contribution in [2.24, 2.45) is 5.92 Å². The lowest BCUT2D eigenvalue weighted by molar-refractivity contribution is 0.240. The minimum atomic E-state index is -0.486. The van der Waals surface area contributed by atoms with E-state index in [1.165, 1.54) is 30.6 Å². The van der Waals surface area contributed by atoms with E-state index in [1.54, 1.807) is 0 Å². The second-order valence-corrected chi connectivity index (χ2v) is 6.08. The molecule has 0 spiro atoms. The quantitative estimate of drug-likeness (QED) is 0.622. The Kier molecular flexibility index (Phi) is 5.20. The Morgan fingerprint density at radius 3 is 2.73 bits per heavy atom. The third-order valence-electron chi connectivity index (χ3n) is 3.48. The van der Waals surface area contributed by atoms with Gasteiger partial charge in [0.15, 0.2) is 5.82 Å². The lowest BCUT2D eigenvalue weighted by atomic mass is 10.0.